The van der Waals surface area contributed by atoms with Crippen LogP contribution >= 0.6 is 12.4 Å². The van der Waals surface area contributed by atoms with Crippen molar-refractivity contribution in [3.8, 4) is 5.75 Å². The summed E-state index contributed by atoms with van der Waals surface area (Å²) in [5.74, 6) is -6.43. The van der Waals surface area contributed by atoms with Crippen molar-refractivity contribution >= 4 is 35.6 Å². The van der Waals surface area contributed by atoms with Crippen LogP contribution in [0.1, 0.15) is 17.5 Å². The van der Waals surface area contributed by atoms with E-state index >= 15 is 0 Å². The highest BCUT2D eigenvalue weighted by Gasteiger charge is 2.64. The van der Waals surface area contributed by atoms with Gasteiger partial charge in [-0.15, -0.1) is 12.4 Å². The predicted octanol–water partition coefficient (Wildman–Crippen LogP) is 0.386. The van der Waals surface area contributed by atoms with Gasteiger partial charge in [-0.05, 0) is 44.5 Å². The SMILES string of the molecule is CN(C)[C@H]1C(=O)C(C(N)=O)=C(O)C2(O)C(=O)C3=C(O)c4c(O)cccc4CC3CC12.Cl. The molecule has 3 unspecified atom stereocenters. The van der Waals surface area contributed by atoms with E-state index in [0.717, 1.165) is 0 Å². The van der Waals surface area contributed by atoms with E-state index in [4.69, 9.17) is 5.73 Å². The van der Waals surface area contributed by atoms with E-state index in [2.05, 4.69) is 0 Å². The van der Waals surface area contributed by atoms with Gasteiger partial charge in [0.2, 0.25) is 5.78 Å². The number of aromatic hydroxyl groups is 1. The Morgan fingerprint density at radius 2 is 1.84 bits per heavy atom. The lowest BCUT2D eigenvalue weighted by molar-refractivity contribution is -0.153. The zero-order valence-corrected chi connectivity index (χ0v) is 17.6. The highest BCUT2D eigenvalue weighted by atomic mass is 35.5. The van der Waals surface area contributed by atoms with Crippen molar-refractivity contribution in [3.05, 3.63) is 46.2 Å². The molecule has 6 N–H and O–H groups in total. The van der Waals surface area contributed by atoms with Crippen LogP contribution in [0.15, 0.2) is 35.1 Å². The molecule has 0 radical (unpaired) electrons. The van der Waals surface area contributed by atoms with Gasteiger partial charge in [-0.3, -0.25) is 19.3 Å². The second-order valence-electron chi connectivity index (χ2n) is 8.27. The summed E-state index contributed by atoms with van der Waals surface area (Å²) < 4.78 is 0. The van der Waals surface area contributed by atoms with Crippen molar-refractivity contribution in [1.82, 2.24) is 4.90 Å². The van der Waals surface area contributed by atoms with Crippen molar-refractivity contribution in [2.24, 2.45) is 17.6 Å². The quantitative estimate of drug-likeness (QED) is 0.404. The minimum absolute atomic E-state index is 0. The number of Topliss-reactive ketones (excluding diaryl/α,β-unsaturated/α-hetero) is 2. The maximum absolute atomic E-state index is 13.5. The van der Waals surface area contributed by atoms with Crippen LogP contribution in [-0.2, 0) is 20.8 Å². The largest absolute Gasteiger partial charge is 0.508 e. The van der Waals surface area contributed by atoms with Gasteiger partial charge in [-0.25, -0.2) is 0 Å². The third kappa shape index (κ3) is 2.88. The topological polar surface area (TPSA) is 161 Å². The summed E-state index contributed by atoms with van der Waals surface area (Å²) in [5, 5.41) is 43.1. The maximum Gasteiger partial charge on any atom is 0.255 e. The van der Waals surface area contributed by atoms with Crippen molar-refractivity contribution in [1.29, 1.82) is 0 Å². The third-order valence-electron chi connectivity index (χ3n) is 6.46. The Kier molecular flexibility index (Phi) is 5.42. The zero-order chi connectivity index (χ0) is 22.1. The predicted molar refractivity (Wildman–Crippen MR) is 111 cm³/mol. The first-order chi connectivity index (χ1) is 14.0. The first-order valence-corrected chi connectivity index (χ1v) is 9.47. The van der Waals surface area contributed by atoms with Gasteiger partial charge in [0.25, 0.3) is 5.91 Å². The molecule has 3 aliphatic carbocycles. The number of carbonyl (C=O) groups excluding carboxylic acids is 3. The number of hydrogen-bond acceptors (Lipinski definition) is 8. The number of ketones is 2. The minimum Gasteiger partial charge on any atom is -0.508 e. The maximum atomic E-state index is 13.5. The molecule has 1 fully saturated rings. The van der Waals surface area contributed by atoms with E-state index in [0.29, 0.717) is 12.0 Å². The minimum atomic E-state index is -2.60. The molecule has 0 bridgehead atoms. The average molecular weight is 451 g/mol. The number of nitrogens with zero attached hydrogens (tertiary/aromatic N) is 1. The number of nitrogens with two attached hydrogens (primary N) is 1. The molecule has 0 heterocycles. The number of amides is 1. The first-order valence-electron chi connectivity index (χ1n) is 9.47. The molecular weight excluding hydrogens is 428 g/mol. The fraction of sp³-hybridized carbons (Fsp3) is 0.381. The molecule has 1 saturated carbocycles. The molecule has 3 aliphatic rings. The van der Waals surface area contributed by atoms with Gasteiger partial charge < -0.3 is 26.2 Å². The van der Waals surface area contributed by atoms with Crippen LogP contribution in [0.5, 0.6) is 5.75 Å². The number of halogens is 1. The number of likely N-dealkylation sites (N-methyl/N-ethyl adjacent to an activating group) is 1. The van der Waals surface area contributed by atoms with Crippen LogP contribution in [0.25, 0.3) is 5.76 Å². The lowest BCUT2D eigenvalue weighted by atomic mass is 9.57. The lowest BCUT2D eigenvalue weighted by Gasteiger charge is -2.50. The smallest absolute Gasteiger partial charge is 0.255 e. The molecule has 0 aromatic heterocycles. The van der Waals surface area contributed by atoms with Crippen LogP contribution in [0.2, 0.25) is 0 Å². The van der Waals surface area contributed by atoms with Gasteiger partial charge in [0, 0.05) is 11.5 Å². The van der Waals surface area contributed by atoms with Crippen LogP contribution < -0.4 is 5.73 Å². The van der Waals surface area contributed by atoms with Crippen molar-refractivity contribution in [2.75, 3.05) is 14.1 Å². The Hall–Kier alpha value is -2.88. The monoisotopic (exact) mass is 450 g/mol. The van der Waals surface area contributed by atoms with Gasteiger partial charge in [0.15, 0.2) is 11.4 Å². The van der Waals surface area contributed by atoms with Crippen molar-refractivity contribution < 1.29 is 34.8 Å². The Bertz CT molecular complexity index is 1080. The molecule has 0 saturated heterocycles. The second kappa shape index (κ2) is 7.37. The van der Waals surface area contributed by atoms with Gasteiger partial charge in [0.05, 0.1) is 11.6 Å². The van der Waals surface area contributed by atoms with E-state index in [1.54, 1.807) is 26.2 Å². The Morgan fingerprint density at radius 3 is 2.42 bits per heavy atom. The van der Waals surface area contributed by atoms with E-state index in [1.165, 1.54) is 11.0 Å². The number of aliphatic hydroxyl groups is 3. The Balaban J connectivity index is 0.00000272. The molecule has 9 nitrogen and oxygen atoms in total. The van der Waals surface area contributed by atoms with Gasteiger partial charge in [-0.1, -0.05) is 12.1 Å². The number of benzene rings is 1. The molecule has 4 atom stereocenters. The van der Waals surface area contributed by atoms with E-state index < -0.39 is 58.0 Å². The highest BCUT2D eigenvalue weighted by molar-refractivity contribution is 6.24. The average Bonchev–Trinajstić information content (AvgIpc) is 2.64. The van der Waals surface area contributed by atoms with Crippen molar-refractivity contribution in [2.45, 2.75) is 24.5 Å². The zero-order valence-electron chi connectivity index (χ0n) is 16.8. The molecule has 1 amide bonds. The molecule has 31 heavy (non-hydrogen) atoms. The van der Waals surface area contributed by atoms with Gasteiger partial charge >= 0.3 is 0 Å². The molecule has 4 rings (SSSR count). The normalized spacial score (nSPS) is 29.9. The number of aliphatic hydroxyl groups excluding tert-OH is 2. The Morgan fingerprint density at radius 1 is 1.19 bits per heavy atom. The van der Waals surface area contributed by atoms with Crippen LogP contribution in [0.3, 0.4) is 0 Å². The second-order valence-corrected chi connectivity index (χ2v) is 8.27. The molecule has 1 aromatic carbocycles. The number of phenolic OH excluding ortho intramolecular Hbond substituents is 1. The summed E-state index contributed by atoms with van der Waals surface area (Å²) in [6.45, 7) is 0. The van der Waals surface area contributed by atoms with Gasteiger partial charge in [0.1, 0.15) is 22.8 Å². The molecule has 1 aromatic rings. The number of phenols is 1. The molecular formula is C21H23ClN2O7. The summed E-state index contributed by atoms with van der Waals surface area (Å²) in [7, 11) is 3.12. The van der Waals surface area contributed by atoms with E-state index in [9.17, 15) is 34.8 Å². The van der Waals surface area contributed by atoms with Crippen LogP contribution in [-0.4, -0.2) is 68.5 Å². The highest BCUT2D eigenvalue weighted by Crippen LogP contribution is 2.52. The van der Waals surface area contributed by atoms with Gasteiger partial charge in [-0.2, -0.15) is 0 Å². The summed E-state index contributed by atoms with van der Waals surface area (Å²) in [5.41, 5.74) is 2.41. The summed E-state index contributed by atoms with van der Waals surface area (Å²) in [4.78, 5) is 39.7. The van der Waals surface area contributed by atoms with Crippen molar-refractivity contribution in [3.63, 3.8) is 0 Å². The van der Waals surface area contributed by atoms with Crippen LogP contribution in [0.4, 0.5) is 0 Å². The molecule has 10 heteroatoms. The number of carbonyl (C=O) groups is 3. The van der Waals surface area contributed by atoms with E-state index in [1.807, 2.05) is 0 Å². The number of fused-ring (bicyclic) bond motifs is 3. The standard InChI is InChI=1S/C21H22N2O7.ClH/c1-23(2)15-10-7-9-6-8-4-3-5-11(24)12(8)16(25)13(9)18(27)21(10,30)19(28)14(17(15)26)20(22)29;/h3-5,9-10,15,24-25,28,30H,6-7H2,1-2H3,(H2,22,29);1H/t9?,10?,15-,21?;/m1./s1. The first kappa shape index (κ1) is 22.8. The molecule has 166 valence electrons. The fourth-order valence-electron chi connectivity index (χ4n) is 5.18. The number of hydrogen-bond donors (Lipinski definition) is 5. The number of rotatable bonds is 2. The fourth-order valence-corrected chi connectivity index (χ4v) is 5.18. The summed E-state index contributed by atoms with van der Waals surface area (Å²) >= 11 is 0. The molecule has 0 spiro atoms. The number of primary amides is 1. The lowest BCUT2D eigenvalue weighted by Crippen LogP contribution is -2.65. The summed E-state index contributed by atoms with van der Waals surface area (Å²) in [6.07, 6.45) is 0.379. The third-order valence-corrected chi connectivity index (χ3v) is 6.46. The summed E-state index contributed by atoms with van der Waals surface area (Å²) in [6, 6.07) is 3.62. The van der Waals surface area contributed by atoms with E-state index in [-0.39, 0.29) is 35.7 Å². The Labute approximate surface area is 183 Å². The van der Waals surface area contributed by atoms with Crippen LogP contribution in [0, 0.1) is 11.8 Å². The molecule has 0 aliphatic heterocycles.